The van der Waals surface area contributed by atoms with Crippen LogP contribution in [0.1, 0.15) is 44.7 Å². The molecule has 35 heavy (non-hydrogen) atoms. The van der Waals surface area contributed by atoms with Gasteiger partial charge in [0.2, 0.25) is 21.8 Å². The number of benzene rings is 2. The third kappa shape index (κ3) is 8.12. The first-order chi connectivity index (χ1) is 16.4. The van der Waals surface area contributed by atoms with Crippen LogP contribution in [0.3, 0.4) is 0 Å². The van der Waals surface area contributed by atoms with Crippen LogP contribution < -0.4 is 9.62 Å². The van der Waals surface area contributed by atoms with Crippen LogP contribution in [0.15, 0.2) is 42.5 Å². The van der Waals surface area contributed by atoms with E-state index in [1.165, 1.54) is 4.90 Å². The molecular formula is C25H33Cl2N3O4S. The highest BCUT2D eigenvalue weighted by atomic mass is 35.5. The lowest BCUT2D eigenvalue weighted by Gasteiger charge is -2.33. The van der Waals surface area contributed by atoms with Gasteiger partial charge in [-0.3, -0.25) is 13.9 Å². The van der Waals surface area contributed by atoms with Crippen LogP contribution in [0.4, 0.5) is 5.69 Å². The van der Waals surface area contributed by atoms with Gasteiger partial charge in [-0.05, 0) is 68.1 Å². The fourth-order valence-corrected chi connectivity index (χ4v) is 4.90. The quantitative estimate of drug-likeness (QED) is 0.443. The number of carbonyl (C=O) groups is 2. The molecule has 0 spiro atoms. The number of hydrogen-bond donors (Lipinski definition) is 1. The molecule has 7 nitrogen and oxygen atoms in total. The molecule has 0 saturated heterocycles. The Morgan fingerprint density at radius 2 is 1.60 bits per heavy atom. The fraction of sp³-hybridized carbons (Fsp3) is 0.440. The van der Waals surface area contributed by atoms with Crippen LogP contribution >= 0.6 is 23.2 Å². The molecule has 2 aromatic carbocycles. The number of halogens is 2. The van der Waals surface area contributed by atoms with Crippen molar-refractivity contribution in [2.45, 2.75) is 59.2 Å². The first-order valence-electron chi connectivity index (χ1n) is 11.5. The molecular weight excluding hydrogens is 509 g/mol. The molecule has 0 aliphatic rings. The molecule has 0 heterocycles. The van der Waals surface area contributed by atoms with Gasteiger partial charge < -0.3 is 10.2 Å². The minimum Gasteiger partial charge on any atom is -0.352 e. The van der Waals surface area contributed by atoms with Crippen LogP contribution in [0.5, 0.6) is 0 Å². The minimum atomic E-state index is -3.81. The lowest BCUT2D eigenvalue weighted by atomic mass is 10.1. The van der Waals surface area contributed by atoms with Gasteiger partial charge in [-0.25, -0.2) is 8.42 Å². The molecule has 2 atom stereocenters. The lowest BCUT2D eigenvalue weighted by Crippen LogP contribution is -2.53. The van der Waals surface area contributed by atoms with E-state index in [0.29, 0.717) is 27.7 Å². The Kier molecular flexibility index (Phi) is 10.4. The SMILES string of the molecule is CCC(C)NC(=O)C(CC)N(Cc1ccc(Cl)cc1)C(=O)CN(c1ccc(Cl)cc1C)S(C)(=O)=O. The van der Waals surface area contributed by atoms with E-state index in [4.69, 9.17) is 23.2 Å². The summed E-state index contributed by atoms with van der Waals surface area (Å²) < 4.78 is 26.5. The second-order valence-electron chi connectivity index (χ2n) is 8.59. The molecule has 0 bridgehead atoms. The van der Waals surface area contributed by atoms with Crippen molar-refractivity contribution in [2.75, 3.05) is 17.1 Å². The van der Waals surface area contributed by atoms with E-state index in [2.05, 4.69) is 5.32 Å². The van der Waals surface area contributed by atoms with Crippen molar-refractivity contribution in [1.29, 1.82) is 0 Å². The summed E-state index contributed by atoms with van der Waals surface area (Å²) in [4.78, 5) is 28.2. The molecule has 0 radical (unpaired) electrons. The van der Waals surface area contributed by atoms with Crippen LogP contribution in [0.25, 0.3) is 0 Å². The molecule has 0 fully saturated rings. The highest BCUT2D eigenvalue weighted by molar-refractivity contribution is 7.92. The van der Waals surface area contributed by atoms with E-state index in [-0.39, 0.29) is 18.5 Å². The molecule has 0 aliphatic carbocycles. The molecule has 10 heteroatoms. The monoisotopic (exact) mass is 541 g/mol. The van der Waals surface area contributed by atoms with E-state index in [0.717, 1.165) is 22.5 Å². The van der Waals surface area contributed by atoms with Gasteiger partial charge >= 0.3 is 0 Å². The molecule has 0 aliphatic heterocycles. The summed E-state index contributed by atoms with van der Waals surface area (Å²) >= 11 is 12.1. The van der Waals surface area contributed by atoms with E-state index >= 15 is 0 Å². The highest BCUT2D eigenvalue weighted by Crippen LogP contribution is 2.26. The number of aryl methyl sites for hydroxylation is 1. The van der Waals surface area contributed by atoms with Gasteiger partial charge in [0, 0.05) is 22.6 Å². The van der Waals surface area contributed by atoms with Crippen molar-refractivity contribution in [3.8, 4) is 0 Å². The summed E-state index contributed by atoms with van der Waals surface area (Å²) in [5.74, 6) is -0.774. The Hall–Kier alpha value is -2.29. The molecule has 2 aromatic rings. The molecule has 0 aromatic heterocycles. The summed E-state index contributed by atoms with van der Waals surface area (Å²) in [6.07, 6.45) is 2.15. The summed E-state index contributed by atoms with van der Waals surface area (Å²) in [6.45, 7) is 7.07. The summed E-state index contributed by atoms with van der Waals surface area (Å²) in [7, 11) is -3.81. The van der Waals surface area contributed by atoms with Crippen molar-refractivity contribution >= 4 is 50.7 Å². The zero-order valence-corrected chi connectivity index (χ0v) is 23.0. The highest BCUT2D eigenvalue weighted by Gasteiger charge is 2.32. The van der Waals surface area contributed by atoms with Crippen LogP contribution in [0.2, 0.25) is 10.0 Å². The van der Waals surface area contributed by atoms with E-state index in [9.17, 15) is 18.0 Å². The Balaban J connectivity index is 2.46. The fourth-order valence-electron chi connectivity index (χ4n) is 3.64. The zero-order chi connectivity index (χ0) is 26.3. The van der Waals surface area contributed by atoms with Gasteiger partial charge in [0.1, 0.15) is 12.6 Å². The van der Waals surface area contributed by atoms with Gasteiger partial charge in [0.15, 0.2) is 0 Å². The first-order valence-corrected chi connectivity index (χ1v) is 14.1. The third-order valence-corrected chi connectivity index (χ3v) is 7.37. The van der Waals surface area contributed by atoms with Crippen LogP contribution in [0, 0.1) is 6.92 Å². The smallest absolute Gasteiger partial charge is 0.244 e. The molecule has 0 saturated carbocycles. The predicted molar refractivity (Wildman–Crippen MR) is 142 cm³/mol. The largest absolute Gasteiger partial charge is 0.352 e. The van der Waals surface area contributed by atoms with E-state index < -0.39 is 28.5 Å². The standard InChI is InChI=1S/C25H33Cl2N3O4S/c1-6-18(4)28-25(32)22(7-2)29(15-19-8-10-20(26)11-9-19)24(31)16-30(35(5,33)34)23-13-12-21(27)14-17(23)3/h8-14,18,22H,6-7,15-16H2,1-5H3,(H,28,32). The van der Waals surface area contributed by atoms with E-state index in [1.54, 1.807) is 49.4 Å². The average molecular weight is 543 g/mol. The van der Waals surface area contributed by atoms with Crippen molar-refractivity contribution in [2.24, 2.45) is 0 Å². The van der Waals surface area contributed by atoms with Crippen LogP contribution in [-0.2, 0) is 26.2 Å². The van der Waals surface area contributed by atoms with Gasteiger partial charge in [-0.15, -0.1) is 0 Å². The normalized spacial score (nSPS) is 13.1. The zero-order valence-electron chi connectivity index (χ0n) is 20.7. The number of sulfonamides is 1. The molecule has 1 N–H and O–H groups in total. The first kappa shape index (κ1) is 28.9. The number of nitrogens with zero attached hydrogens (tertiary/aromatic N) is 2. The summed E-state index contributed by atoms with van der Waals surface area (Å²) in [5, 5.41) is 3.95. The Morgan fingerprint density at radius 1 is 1.00 bits per heavy atom. The number of carbonyl (C=O) groups excluding carboxylic acids is 2. The maximum atomic E-state index is 13.7. The van der Waals surface area contributed by atoms with Crippen molar-refractivity contribution in [3.63, 3.8) is 0 Å². The maximum absolute atomic E-state index is 13.7. The predicted octanol–water partition coefficient (Wildman–Crippen LogP) is 4.79. The number of nitrogens with one attached hydrogen (secondary N) is 1. The lowest BCUT2D eigenvalue weighted by molar-refractivity contribution is -0.140. The Morgan fingerprint density at radius 3 is 2.11 bits per heavy atom. The molecule has 2 amide bonds. The second kappa shape index (κ2) is 12.6. The van der Waals surface area contributed by atoms with Gasteiger partial charge in [-0.2, -0.15) is 0 Å². The number of rotatable bonds is 11. The van der Waals surface area contributed by atoms with Crippen molar-refractivity contribution in [3.05, 3.63) is 63.6 Å². The average Bonchev–Trinajstić information content (AvgIpc) is 2.78. The molecule has 192 valence electrons. The topological polar surface area (TPSA) is 86.8 Å². The third-order valence-electron chi connectivity index (χ3n) is 5.76. The second-order valence-corrected chi connectivity index (χ2v) is 11.4. The summed E-state index contributed by atoms with van der Waals surface area (Å²) in [5.41, 5.74) is 1.74. The maximum Gasteiger partial charge on any atom is 0.244 e. The Labute approximate surface area is 218 Å². The van der Waals surface area contributed by atoms with Crippen LogP contribution in [-0.4, -0.2) is 50.0 Å². The van der Waals surface area contributed by atoms with Gasteiger partial charge in [0.05, 0.1) is 11.9 Å². The van der Waals surface area contributed by atoms with Gasteiger partial charge in [0.25, 0.3) is 0 Å². The number of amides is 2. The van der Waals surface area contributed by atoms with Gasteiger partial charge in [-0.1, -0.05) is 49.2 Å². The number of hydrogen-bond acceptors (Lipinski definition) is 4. The van der Waals surface area contributed by atoms with Crippen molar-refractivity contribution in [1.82, 2.24) is 10.2 Å². The Bertz CT molecular complexity index is 1140. The number of anilines is 1. The van der Waals surface area contributed by atoms with E-state index in [1.807, 2.05) is 20.8 Å². The molecule has 2 unspecified atom stereocenters. The van der Waals surface area contributed by atoms with Crippen molar-refractivity contribution < 1.29 is 18.0 Å². The molecule has 2 rings (SSSR count). The summed E-state index contributed by atoms with van der Waals surface area (Å²) in [6, 6.07) is 10.9. The minimum absolute atomic E-state index is 0.0618.